The summed E-state index contributed by atoms with van der Waals surface area (Å²) in [5, 5.41) is 4.61. The number of rotatable bonds is 4. The first-order valence-electron chi connectivity index (χ1n) is 11.2. The SMILES string of the molecule is CC1(C)C=C(CS(=O)(=O)O)c2cc3c(cc2=N1)Oc1cc2c(cc1C=3)C(CS(=O)(=O)O)=CC(C)(C)N2. The van der Waals surface area contributed by atoms with Gasteiger partial charge in [-0.2, -0.15) is 16.8 Å². The fourth-order valence-corrected chi connectivity index (χ4v) is 6.23. The smallest absolute Gasteiger partial charge is 0.269 e. The van der Waals surface area contributed by atoms with Crippen molar-refractivity contribution in [3.63, 3.8) is 0 Å². The number of hydrogen-bond donors (Lipinski definition) is 3. The lowest BCUT2D eigenvalue weighted by molar-refractivity contribution is 0.472. The van der Waals surface area contributed by atoms with Crippen molar-refractivity contribution < 1.29 is 30.7 Å². The summed E-state index contributed by atoms with van der Waals surface area (Å²) in [6.07, 6.45) is 5.37. The maximum Gasteiger partial charge on any atom is 0.269 e. The molecule has 0 amide bonds. The van der Waals surface area contributed by atoms with Crippen molar-refractivity contribution in [2.24, 2.45) is 4.99 Å². The van der Waals surface area contributed by atoms with Gasteiger partial charge in [-0.25, -0.2) is 0 Å². The highest BCUT2D eigenvalue weighted by Gasteiger charge is 2.29. The van der Waals surface area contributed by atoms with E-state index in [9.17, 15) is 25.9 Å². The predicted molar refractivity (Wildman–Crippen MR) is 138 cm³/mol. The molecule has 11 heteroatoms. The molecule has 3 heterocycles. The van der Waals surface area contributed by atoms with Crippen LogP contribution in [0.25, 0.3) is 17.2 Å². The van der Waals surface area contributed by atoms with Crippen molar-refractivity contribution >= 4 is 43.1 Å². The molecule has 5 rings (SSSR count). The molecule has 3 aliphatic rings. The first-order valence-corrected chi connectivity index (χ1v) is 14.4. The maximum atomic E-state index is 11.7. The van der Waals surface area contributed by atoms with Gasteiger partial charge in [0.1, 0.15) is 23.0 Å². The van der Waals surface area contributed by atoms with Crippen LogP contribution in [0.4, 0.5) is 5.69 Å². The summed E-state index contributed by atoms with van der Waals surface area (Å²) < 4.78 is 71.9. The fraction of sp³-hybridized carbons (Fsp3) is 0.320. The van der Waals surface area contributed by atoms with Gasteiger partial charge in [-0.05, 0) is 57.0 Å². The molecule has 0 atom stereocenters. The highest BCUT2D eigenvalue weighted by Crippen LogP contribution is 2.41. The molecule has 36 heavy (non-hydrogen) atoms. The van der Waals surface area contributed by atoms with E-state index in [0.29, 0.717) is 55.6 Å². The van der Waals surface area contributed by atoms with Crippen LogP contribution in [0.2, 0.25) is 0 Å². The van der Waals surface area contributed by atoms with E-state index in [1.165, 1.54) is 0 Å². The van der Waals surface area contributed by atoms with Gasteiger partial charge in [0.25, 0.3) is 20.2 Å². The largest absolute Gasteiger partial charge is 0.456 e. The zero-order chi connectivity index (χ0) is 26.3. The van der Waals surface area contributed by atoms with E-state index in [0.717, 1.165) is 0 Å². The zero-order valence-electron chi connectivity index (χ0n) is 20.2. The van der Waals surface area contributed by atoms with Crippen molar-refractivity contribution in [1.29, 1.82) is 0 Å². The monoisotopic (exact) mass is 530 g/mol. The van der Waals surface area contributed by atoms with Crippen LogP contribution in [0.1, 0.15) is 44.4 Å². The first kappa shape index (κ1) is 24.7. The summed E-state index contributed by atoms with van der Waals surface area (Å²) in [6.45, 7) is 7.49. The van der Waals surface area contributed by atoms with Gasteiger partial charge in [0.2, 0.25) is 0 Å². The number of nitrogens with zero attached hydrogens (tertiary/aromatic N) is 1. The van der Waals surface area contributed by atoms with E-state index < -0.39 is 42.8 Å². The molecule has 0 aliphatic carbocycles. The topological polar surface area (TPSA) is 142 Å². The summed E-state index contributed by atoms with van der Waals surface area (Å²) in [7, 11) is -8.51. The minimum atomic E-state index is -4.26. The molecule has 0 bridgehead atoms. The lowest BCUT2D eigenvalue weighted by Crippen LogP contribution is -2.33. The highest BCUT2D eigenvalue weighted by molar-refractivity contribution is 7.86. The van der Waals surface area contributed by atoms with Gasteiger partial charge < -0.3 is 10.1 Å². The van der Waals surface area contributed by atoms with Crippen LogP contribution in [0.3, 0.4) is 0 Å². The van der Waals surface area contributed by atoms with Crippen molar-refractivity contribution in [3.8, 4) is 11.5 Å². The Balaban J connectivity index is 1.67. The molecule has 2 aromatic carbocycles. The standard InChI is InChI=1S/C25H26N2O7S2/c1-24(2)10-16(12-35(28,29)30)18-6-14-5-15-7-19-17(13-36(31,32)33)11-25(3,4)27-21(19)9-23(15)34-22(14)8-20(18)26-24/h5-11,26H,12-13H2,1-4H3,(H,28,29,30)(H,31,32,33). The maximum absolute atomic E-state index is 11.7. The molecule has 0 radical (unpaired) electrons. The molecule has 0 spiro atoms. The van der Waals surface area contributed by atoms with E-state index >= 15 is 0 Å². The number of hydrogen-bond acceptors (Lipinski definition) is 7. The van der Waals surface area contributed by atoms with Gasteiger partial charge in [0.05, 0.1) is 16.4 Å². The van der Waals surface area contributed by atoms with Gasteiger partial charge in [-0.3, -0.25) is 14.1 Å². The number of ether oxygens (including phenoxy) is 1. The normalized spacial score (nSPS) is 18.9. The lowest BCUT2D eigenvalue weighted by atomic mass is 9.89. The lowest BCUT2D eigenvalue weighted by Gasteiger charge is -2.33. The number of nitrogens with one attached hydrogen (secondary N) is 1. The average Bonchev–Trinajstić information content (AvgIpc) is 2.66. The van der Waals surface area contributed by atoms with Gasteiger partial charge in [-0.15, -0.1) is 0 Å². The second-order valence-electron chi connectivity index (χ2n) is 10.5. The molecule has 0 aromatic heterocycles. The second kappa shape index (κ2) is 7.75. The Hall–Kier alpha value is -2.99. The van der Waals surface area contributed by atoms with E-state index in [-0.39, 0.29) is 0 Å². The second-order valence-corrected chi connectivity index (χ2v) is 13.4. The van der Waals surface area contributed by atoms with Crippen LogP contribution >= 0.6 is 0 Å². The van der Waals surface area contributed by atoms with Crippen molar-refractivity contribution in [3.05, 3.63) is 63.7 Å². The van der Waals surface area contributed by atoms with E-state index in [2.05, 4.69) is 5.32 Å². The molecule has 3 aliphatic heterocycles. The molecule has 3 N–H and O–H groups in total. The minimum absolute atomic E-state index is 0.449. The van der Waals surface area contributed by atoms with Gasteiger partial charge in [-0.1, -0.05) is 12.2 Å². The first-order chi connectivity index (χ1) is 16.5. The van der Waals surface area contributed by atoms with E-state index in [4.69, 9.17) is 9.73 Å². The van der Waals surface area contributed by atoms with Gasteiger partial charge in [0.15, 0.2) is 0 Å². The summed E-state index contributed by atoms with van der Waals surface area (Å²) in [5.41, 5.74) is 2.31. The summed E-state index contributed by atoms with van der Waals surface area (Å²) in [6, 6.07) is 7.13. The van der Waals surface area contributed by atoms with E-state index in [1.807, 2.05) is 33.8 Å². The van der Waals surface area contributed by atoms with Crippen molar-refractivity contribution in [1.82, 2.24) is 0 Å². The molecular formula is C25H26N2O7S2. The molecule has 0 saturated carbocycles. The number of benzene rings is 2. The van der Waals surface area contributed by atoms with E-state index in [1.54, 1.807) is 36.4 Å². The minimum Gasteiger partial charge on any atom is -0.456 e. The van der Waals surface area contributed by atoms with Crippen LogP contribution in [-0.4, -0.2) is 48.5 Å². The molecule has 2 aromatic rings. The Morgan fingerprint density at radius 1 is 0.861 bits per heavy atom. The number of anilines is 1. The molecule has 0 saturated heterocycles. The van der Waals surface area contributed by atoms with Crippen LogP contribution in [0.15, 0.2) is 41.4 Å². The quantitative estimate of drug-likeness (QED) is 0.437. The molecular weight excluding hydrogens is 504 g/mol. The summed E-state index contributed by atoms with van der Waals surface area (Å²) >= 11 is 0. The summed E-state index contributed by atoms with van der Waals surface area (Å²) in [4.78, 5) is 4.71. The van der Waals surface area contributed by atoms with Gasteiger partial charge >= 0.3 is 0 Å². The van der Waals surface area contributed by atoms with Crippen LogP contribution in [-0.2, 0) is 20.2 Å². The Labute approximate surface area is 209 Å². The predicted octanol–water partition coefficient (Wildman–Crippen LogP) is 2.78. The molecule has 9 nitrogen and oxygen atoms in total. The zero-order valence-corrected chi connectivity index (χ0v) is 21.8. The van der Waals surface area contributed by atoms with Gasteiger partial charge in [0, 0.05) is 39.7 Å². The third-order valence-electron chi connectivity index (χ3n) is 6.10. The Kier molecular flexibility index (Phi) is 5.32. The fourth-order valence-electron chi connectivity index (χ4n) is 4.96. The average molecular weight is 531 g/mol. The highest BCUT2D eigenvalue weighted by atomic mass is 32.2. The van der Waals surface area contributed by atoms with Crippen LogP contribution in [0.5, 0.6) is 11.5 Å². The third kappa shape index (κ3) is 4.96. The third-order valence-corrected chi connectivity index (χ3v) is 7.46. The molecule has 0 fully saturated rings. The Morgan fingerprint density at radius 3 is 2.14 bits per heavy atom. The number of fused-ring (bicyclic) bond motifs is 4. The van der Waals surface area contributed by atoms with Crippen molar-refractivity contribution in [2.45, 2.75) is 38.8 Å². The molecule has 0 unspecified atom stereocenters. The Bertz CT molecular complexity index is 1730. The van der Waals surface area contributed by atoms with Crippen LogP contribution < -0.4 is 20.6 Å². The van der Waals surface area contributed by atoms with Crippen molar-refractivity contribution in [2.75, 3.05) is 16.8 Å². The summed E-state index contributed by atoms with van der Waals surface area (Å²) in [5.74, 6) is 0.0446. The molecule has 190 valence electrons. The van der Waals surface area contributed by atoms with Crippen LogP contribution in [0, 0.1) is 0 Å². The Morgan fingerprint density at radius 2 is 1.50 bits per heavy atom.